The Bertz CT molecular complexity index is 1340. The summed E-state index contributed by atoms with van der Waals surface area (Å²) in [6.45, 7) is 8.47. The zero-order chi connectivity index (χ0) is 27.1. The number of nitrogens with one attached hydrogen (secondary N) is 2. The fraction of sp³-hybridized carbons (Fsp3) is 0.250. The molecule has 1 aliphatic rings. The molecule has 1 aliphatic heterocycles. The third-order valence-electron chi connectivity index (χ3n) is 5.43. The fourth-order valence-electron chi connectivity index (χ4n) is 3.46. The largest absolute Gasteiger partial charge is 0.379 e. The van der Waals surface area contributed by atoms with Gasteiger partial charge in [0, 0.05) is 37.3 Å². The second-order valence-electron chi connectivity index (χ2n) is 7.87. The van der Waals surface area contributed by atoms with Crippen molar-refractivity contribution >= 4 is 31.9 Å². The molecule has 0 atom stereocenters. The molecule has 0 aliphatic carbocycles. The van der Waals surface area contributed by atoms with E-state index in [1.165, 1.54) is 69.3 Å². The van der Waals surface area contributed by atoms with E-state index < -0.39 is 31.9 Å². The van der Waals surface area contributed by atoms with Crippen molar-refractivity contribution in [2.24, 2.45) is 0 Å². The molecule has 2 N–H and O–H groups in total. The molecule has 37 heavy (non-hydrogen) atoms. The van der Waals surface area contributed by atoms with Crippen molar-refractivity contribution in [2.75, 3.05) is 39.4 Å². The summed E-state index contributed by atoms with van der Waals surface area (Å²) in [5.74, 6) is -1.33. The van der Waals surface area contributed by atoms with Crippen LogP contribution in [-0.2, 0) is 24.8 Å². The minimum Gasteiger partial charge on any atom is -0.379 e. The number of sulfonamides is 2. The summed E-state index contributed by atoms with van der Waals surface area (Å²) in [4.78, 5) is 24.9. The van der Waals surface area contributed by atoms with Crippen LogP contribution in [0.25, 0.3) is 0 Å². The molecule has 0 bridgehead atoms. The van der Waals surface area contributed by atoms with Gasteiger partial charge in [-0.2, -0.15) is 8.61 Å². The zero-order valence-corrected chi connectivity index (χ0v) is 21.6. The van der Waals surface area contributed by atoms with Crippen LogP contribution < -0.4 is 10.9 Å². The van der Waals surface area contributed by atoms with Gasteiger partial charge in [0.2, 0.25) is 20.0 Å². The van der Waals surface area contributed by atoms with Gasteiger partial charge in [0.25, 0.3) is 11.8 Å². The van der Waals surface area contributed by atoms with Crippen LogP contribution in [0.3, 0.4) is 0 Å². The van der Waals surface area contributed by atoms with Crippen LogP contribution in [0.4, 0.5) is 0 Å². The Labute approximate surface area is 216 Å². The summed E-state index contributed by atoms with van der Waals surface area (Å²) in [7, 11) is -7.51. The zero-order valence-electron chi connectivity index (χ0n) is 20.0. The van der Waals surface area contributed by atoms with E-state index in [1.54, 1.807) is 0 Å². The summed E-state index contributed by atoms with van der Waals surface area (Å²) in [6.07, 6.45) is 2.92. The lowest BCUT2D eigenvalue weighted by molar-refractivity contribution is 0.0730. The molecule has 0 aromatic heterocycles. The SMILES string of the molecule is C=CCN(CC=C)S(=O)(=O)c1ccc(C(=O)NNC(=O)c2ccc(S(=O)(=O)N3CCOCC3)cc2)cc1. The Morgan fingerprint density at radius 2 is 1.24 bits per heavy atom. The summed E-state index contributed by atoms with van der Waals surface area (Å²) in [5.41, 5.74) is 4.75. The molecule has 1 heterocycles. The van der Waals surface area contributed by atoms with Gasteiger partial charge in [-0.05, 0) is 48.5 Å². The van der Waals surface area contributed by atoms with Gasteiger partial charge in [-0.15, -0.1) is 13.2 Å². The normalized spacial score (nSPS) is 14.6. The van der Waals surface area contributed by atoms with E-state index in [-0.39, 0.29) is 47.1 Å². The van der Waals surface area contributed by atoms with Crippen LogP contribution in [0, 0.1) is 0 Å². The number of benzene rings is 2. The lowest BCUT2D eigenvalue weighted by Gasteiger charge is -2.26. The van der Waals surface area contributed by atoms with Crippen LogP contribution in [0.15, 0.2) is 83.6 Å². The Hall–Kier alpha value is -3.36. The standard InChI is InChI=1S/C24H28N4O7S2/c1-3-13-27(14-4-2)36(31,32)21-9-5-19(6-10-21)23(29)25-26-24(30)20-7-11-22(12-8-20)37(33,34)28-15-17-35-18-16-28/h3-12H,1-2,13-18H2,(H,25,29)(H,26,30). The number of hydrogen-bond donors (Lipinski definition) is 2. The molecule has 13 heteroatoms. The molecule has 2 amide bonds. The van der Waals surface area contributed by atoms with Gasteiger partial charge in [-0.3, -0.25) is 20.4 Å². The predicted molar refractivity (Wildman–Crippen MR) is 137 cm³/mol. The molecule has 0 saturated carbocycles. The highest BCUT2D eigenvalue weighted by molar-refractivity contribution is 7.89. The Morgan fingerprint density at radius 3 is 1.68 bits per heavy atom. The highest BCUT2D eigenvalue weighted by Crippen LogP contribution is 2.18. The molecule has 0 spiro atoms. The van der Waals surface area contributed by atoms with E-state index in [1.807, 2.05) is 0 Å². The second kappa shape index (κ2) is 12.3. The number of morpholine rings is 1. The topological polar surface area (TPSA) is 142 Å². The highest BCUT2D eigenvalue weighted by Gasteiger charge is 2.26. The summed E-state index contributed by atoms with van der Waals surface area (Å²) < 4.78 is 58.6. The number of carbonyl (C=O) groups excluding carboxylic acids is 2. The molecule has 1 fully saturated rings. The molecule has 2 aromatic rings. The summed E-state index contributed by atoms with van der Waals surface area (Å²) in [5, 5.41) is 0. The fourth-order valence-corrected chi connectivity index (χ4v) is 6.25. The van der Waals surface area contributed by atoms with E-state index >= 15 is 0 Å². The lowest BCUT2D eigenvalue weighted by Crippen LogP contribution is -2.41. The van der Waals surface area contributed by atoms with E-state index in [2.05, 4.69) is 24.0 Å². The van der Waals surface area contributed by atoms with Gasteiger partial charge in [0.15, 0.2) is 0 Å². The van der Waals surface area contributed by atoms with Crippen LogP contribution in [0.1, 0.15) is 20.7 Å². The van der Waals surface area contributed by atoms with Crippen LogP contribution in [-0.4, -0.2) is 76.7 Å². The van der Waals surface area contributed by atoms with E-state index in [0.29, 0.717) is 13.2 Å². The number of rotatable bonds is 10. The molecule has 0 unspecified atom stereocenters. The Balaban J connectivity index is 1.61. The molecule has 1 saturated heterocycles. The third-order valence-corrected chi connectivity index (χ3v) is 9.19. The average molecular weight is 549 g/mol. The quantitative estimate of drug-likeness (QED) is 0.335. The van der Waals surface area contributed by atoms with Gasteiger partial charge in [-0.25, -0.2) is 16.8 Å². The average Bonchev–Trinajstić information content (AvgIpc) is 2.92. The summed E-state index contributed by atoms with van der Waals surface area (Å²) in [6, 6.07) is 10.5. The molecular formula is C24H28N4O7S2. The Kier molecular flexibility index (Phi) is 9.34. The molecule has 198 valence electrons. The van der Waals surface area contributed by atoms with Crippen molar-refractivity contribution in [1.29, 1.82) is 0 Å². The van der Waals surface area contributed by atoms with E-state index in [4.69, 9.17) is 4.74 Å². The minimum atomic E-state index is -3.81. The summed E-state index contributed by atoms with van der Waals surface area (Å²) >= 11 is 0. The van der Waals surface area contributed by atoms with Gasteiger partial charge < -0.3 is 4.74 Å². The number of amides is 2. The highest BCUT2D eigenvalue weighted by atomic mass is 32.2. The van der Waals surface area contributed by atoms with Gasteiger partial charge >= 0.3 is 0 Å². The maximum absolute atomic E-state index is 12.8. The van der Waals surface area contributed by atoms with Crippen LogP contribution >= 0.6 is 0 Å². The first kappa shape index (κ1) is 28.2. The van der Waals surface area contributed by atoms with Gasteiger partial charge in [-0.1, -0.05) is 12.2 Å². The van der Waals surface area contributed by atoms with E-state index in [9.17, 15) is 26.4 Å². The number of hydrazine groups is 1. The third kappa shape index (κ3) is 6.70. The first-order chi connectivity index (χ1) is 17.6. The predicted octanol–water partition coefficient (Wildman–Crippen LogP) is 1.15. The van der Waals surface area contributed by atoms with Crippen molar-refractivity contribution in [3.05, 3.63) is 85.0 Å². The first-order valence-corrected chi connectivity index (χ1v) is 14.1. The number of carbonyl (C=O) groups is 2. The van der Waals surface area contributed by atoms with Crippen molar-refractivity contribution < 1.29 is 31.2 Å². The van der Waals surface area contributed by atoms with Crippen LogP contribution in [0.2, 0.25) is 0 Å². The molecule has 11 nitrogen and oxygen atoms in total. The van der Waals surface area contributed by atoms with Crippen molar-refractivity contribution in [3.63, 3.8) is 0 Å². The van der Waals surface area contributed by atoms with E-state index in [0.717, 1.165) is 0 Å². The molecule has 2 aromatic carbocycles. The van der Waals surface area contributed by atoms with Crippen molar-refractivity contribution in [3.8, 4) is 0 Å². The monoisotopic (exact) mass is 548 g/mol. The second-order valence-corrected chi connectivity index (χ2v) is 11.7. The van der Waals surface area contributed by atoms with Gasteiger partial charge in [0.05, 0.1) is 23.0 Å². The maximum atomic E-state index is 12.8. The number of ether oxygens (including phenoxy) is 1. The smallest absolute Gasteiger partial charge is 0.269 e. The Morgan fingerprint density at radius 1 is 0.811 bits per heavy atom. The molecular weight excluding hydrogens is 520 g/mol. The molecule has 3 rings (SSSR count). The number of hydrogen-bond acceptors (Lipinski definition) is 7. The maximum Gasteiger partial charge on any atom is 0.269 e. The number of nitrogens with zero attached hydrogens (tertiary/aromatic N) is 2. The molecule has 0 radical (unpaired) electrons. The lowest BCUT2D eigenvalue weighted by atomic mass is 10.2. The van der Waals surface area contributed by atoms with Crippen LogP contribution in [0.5, 0.6) is 0 Å². The van der Waals surface area contributed by atoms with Gasteiger partial charge in [0.1, 0.15) is 0 Å². The van der Waals surface area contributed by atoms with Crippen molar-refractivity contribution in [2.45, 2.75) is 9.79 Å². The minimum absolute atomic E-state index is 0.0103. The first-order valence-electron chi connectivity index (χ1n) is 11.2. The van der Waals surface area contributed by atoms with Crippen molar-refractivity contribution in [1.82, 2.24) is 19.5 Å².